The minimum absolute atomic E-state index is 0.0106. The summed E-state index contributed by atoms with van der Waals surface area (Å²) in [6.07, 6.45) is 4.23. The Morgan fingerprint density at radius 2 is 1.53 bits per heavy atom. The van der Waals surface area contributed by atoms with Crippen molar-refractivity contribution in [2.24, 2.45) is 0 Å². The van der Waals surface area contributed by atoms with E-state index in [1.54, 1.807) is 54.6 Å². The molecule has 1 atom stereocenters. The number of carbonyl (C=O) groups excluding carboxylic acids is 2. The third-order valence-electron chi connectivity index (χ3n) is 7.83. The van der Waals surface area contributed by atoms with Crippen molar-refractivity contribution in [3.05, 3.63) is 93.0 Å². The number of benzene rings is 3. The fraction of sp³-hybridized carbons (Fsp3) is 0.394. The number of anilines is 1. The summed E-state index contributed by atoms with van der Waals surface area (Å²) in [5, 5.41) is 3.92. The van der Waals surface area contributed by atoms with Crippen molar-refractivity contribution in [2.45, 2.75) is 83.3 Å². The van der Waals surface area contributed by atoms with E-state index < -0.39 is 28.5 Å². The molecule has 230 valence electrons. The summed E-state index contributed by atoms with van der Waals surface area (Å²) < 4.78 is 29.4. The molecule has 3 aromatic rings. The summed E-state index contributed by atoms with van der Waals surface area (Å²) >= 11 is 12.6. The zero-order valence-corrected chi connectivity index (χ0v) is 27.4. The SMILES string of the molecule is CCC(C(=O)NC1CCCC1)N(Cc1ccc(Cl)cc1Cl)C(=O)CN(c1cc(C)cc(C)c1)S(=O)(=O)c1ccc(C)cc1. The van der Waals surface area contributed by atoms with Crippen molar-refractivity contribution in [3.63, 3.8) is 0 Å². The van der Waals surface area contributed by atoms with Gasteiger partial charge in [-0.15, -0.1) is 0 Å². The van der Waals surface area contributed by atoms with E-state index in [9.17, 15) is 18.0 Å². The van der Waals surface area contributed by atoms with E-state index in [-0.39, 0.29) is 23.4 Å². The predicted molar refractivity (Wildman–Crippen MR) is 173 cm³/mol. The lowest BCUT2D eigenvalue weighted by atomic mass is 10.1. The molecular formula is C33H39Cl2N3O4S. The van der Waals surface area contributed by atoms with E-state index in [2.05, 4.69) is 5.32 Å². The summed E-state index contributed by atoms with van der Waals surface area (Å²) in [5.41, 5.74) is 3.61. The third kappa shape index (κ3) is 8.11. The first kappa shape index (κ1) is 32.8. The van der Waals surface area contributed by atoms with E-state index in [0.717, 1.165) is 46.7 Å². The molecule has 7 nitrogen and oxygen atoms in total. The highest BCUT2D eigenvalue weighted by Gasteiger charge is 2.35. The van der Waals surface area contributed by atoms with E-state index in [0.29, 0.717) is 27.7 Å². The minimum atomic E-state index is -4.15. The lowest BCUT2D eigenvalue weighted by Crippen LogP contribution is -2.53. The molecule has 1 aliphatic carbocycles. The molecule has 4 rings (SSSR count). The van der Waals surface area contributed by atoms with E-state index >= 15 is 0 Å². The van der Waals surface area contributed by atoms with Gasteiger partial charge in [0.2, 0.25) is 11.8 Å². The van der Waals surface area contributed by atoms with Gasteiger partial charge in [0.25, 0.3) is 10.0 Å². The Hall–Kier alpha value is -3.07. The van der Waals surface area contributed by atoms with Crippen LogP contribution in [0.15, 0.2) is 65.6 Å². The summed E-state index contributed by atoms with van der Waals surface area (Å²) in [4.78, 5) is 29.5. The molecule has 0 aliphatic heterocycles. The fourth-order valence-corrected chi connectivity index (χ4v) is 7.45. The number of nitrogens with zero attached hydrogens (tertiary/aromatic N) is 2. The van der Waals surface area contributed by atoms with E-state index in [1.807, 2.05) is 33.8 Å². The van der Waals surface area contributed by atoms with Crippen LogP contribution < -0.4 is 9.62 Å². The largest absolute Gasteiger partial charge is 0.352 e. The van der Waals surface area contributed by atoms with Crippen LogP contribution in [0.3, 0.4) is 0 Å². The van der Waals surface area contributed by atoms with Crippen molar-refractivity contribution < 1.29 is 18.0 Å². The van der Waals surface area contributed by atoms with Gasteiger partial charge in [-0.05, 0) is 93.1 Å². The Kier molecular flexibility index (Phi) is 10.8. The molecule has 1 fully saturated rings. The van der Waals surface area contributed by atoms with Crippen LogP contribution in [-0.4, -0.2) is 43.8 Å². The summed E-state index contributed by atoms with van der Waals surface area (Å²) in [6, 6.07) is 16.2. The molecule has 0 aromatic heterocycles. The zero-order valence-electron chi connectivity index (χ0n) is 25.1. The Morgan fingerprint density at radius 1 is 0.907 bits per heavy atom. The highest BCUT2D eigenvalue weighted by atomic mass is 35.5. The molecule has 3 aromatic carbocycles. The number of rotatable bonds is 11. The standard InChI is InChI=1S/C33H39Cl2N3O4S/c1-5-31(33(40)36-27-8-6-7-9-27)37(20-25-12-13-26(34)19-30(25)35)32(39)21-38(28-17-23(3)16-24(4)18-28)43(41,42)29-14-10-22(2)11-15-29/h10-19,27,31H,5-9,20-21H2,1-4H3,(H,36,40). The van der Waals surface area contributed by atoms with Gasteiger partial charge in [0.1, 0.15) is 12.6 Å². The molecule has 1 N–H and O–H groups in total. The molecule has 0 spiro atoms. The summed E-state index contributed by atoms with van der Waals surface area (Å²) in [5.74, 6) is -0.776. The number of carbonyl (C=O) groups is 2. The molecule has 0 bridgehead atoms. The molecule has 0 saturated heterocycles. The second kappa shape index (κ2) is 14.1. The number of sulfonamides is 1. The van der Waals surface area contributed by atoms with Gasteiger partial charge in [0.15, 0.2) is 0 Å². The van der Waals surface area contributed by atoms with Crippen molar-refractivity contribution >= 4 is 50.7 Å². The Bertz CT molecular complexity index is 1550. The van der Waals surface area contributed by atoms with Crippen LogP contribution in [0.2, 0.25) is 10.0 Å². The molecule has 0 heterocycles. The summed E-state index contributed by atoms with van der Waals surface area (Å²) in [6.45, 7) is 6.99. The first-order chi connectivity index (χ1) is 20.4. The van der Waals surface area contributed by atoms with Crippen LogP contribution in [0.1, 0.15) is 61.3 Å². The van der Waals surface area contributed by atoms with Crippen molar-refractivity contribution in [1.29, 1.82) is 0 Å². The predicted octanol–water partition coefficient (Wildman–Crippen LogP) is 6.98. The van der Waals surface area contributed by atoms with Gasteiger partial charge >= 0.3 is 0 Å². The van der Waals surface area contributed by atoms with Crippen molar-refractivity contribution in [3.8, 4) is 0 Å². The van der Waals surface area contributed by atoms with Crippen LogP contribution in [-0.2, 0) is 26.2 Å². The fourth-order valence-electron chi connectivity index (χ4n) is 5.58. The van der Waals surface area contributed by atoms with Crippen LogP contribution in [0, 0.1) is 20.8 Å². The normalized spacial score (nSPS) is 14.4. The van der Waals surface area contributed by atoms with Gasteiger partial charge in [-0.2, -0.15) is 0 Å². The highest BCUT2D eigenvalue weighted by Crippen LogP contribution is 2.28. The quantitative estimate of drug-likeness (QED) is 0.244. The molecule has 1 saturated carbocycles. The van der Waals surface area contributed by atoms with Crippen molar-refractivity contribution in [2.75, 3.05) is 10.8 Å². The molecular weight excluding hydrogens is 605 g/mol. The number of amides is 2. The van der Waals surface area contributed by atoms with Gasteiger partial charge < -0.3 is 10.2 Å². The number of nitrogens with one attached hydrogen (secondary N) is 1. The Labute approximate surface area is 265 Å². The monoisotopic (exact) mass is 643 g/mol. The Morgan fingerprint density at radius 3 is 2.12 bits per heavy atom. The Balaban J connectivity index is 1.76. The third-order valence-corrected chi connectivity index (χ3v) is 10.2. The number of hydrogen-bond acceptors (Lipinski definition) is 4. The molecule has 2 amide bonds. The van der Waals surface area contributed by atoms with Crippen LogP contribution in [0.4, 0.5) is 5.69 Å². The second-order valence-electron chi connectivity index (χ2n) is 11.3. The van der Waals surface area contributed by atoms with Gasteiger partial charge in [-0.3, -0.25) is 13.9 Å². The van der Waals surface area contributed by atoms with E-state index in [1.165, 1.54) is 4.90 Å². The molecule has 1 unspecified atom stereocenters. The highest BCUT2D eigenvalue weighted by molar-refractivity contribution is 7.92. The molecule has 0 radical (unpaired) electrons. The van der Waals surface area contributed by atoms with Crippen LogP contribution >= 0.6 is 23.2 Å². The molecule has 10 heteroatoms. The smallest absolute Gasteiger partial charge is 0.264 e. The lowest BCUT2D eigenvalue weighted by Gasteiger charge is -2.34. The maximum atomic E-state index is 14.3. The average Bonchev–Trinajstić information content (AvgIpc) is 3.45. The number of hydrogen-bond donors (Lipinski definition) is 1. The maximum Gasteiger partial charge on any atom is 0.264 e. The second-order valence-corrected chi connectivity index (χ2v) is 14.0. The number of aryl methyl sites for hydroxylation is 3. The molecule has 1 aliphatic rings. The lowest BCUT2D eigenvalue weighted by molar-refractivity contribution is -0.140. The first-order valence-corrected chi connectivity index (χ1v) is 16.8. The average molecular weight is 645 g/mol. The van der Waals surface area contributed by atoms with Crippen LogP contribution in [0.5, 0.6) is 0 Å². The minimum Gasteiger partial charge on any atom is -0.352 e. The van der Waals surface area contributed by atoms with E-state index in [4.69, 9.17) is 23.2 Å². The maximum absolute atomic E-state index is 14.3. The van der Waals surface area contributed by atoms with Gasteiger partial charge in [0.05, 0.1) is 10.6 Å². The molecule has 43 heavy (non-hydrogen) atoms. The van der Waals surface area contributed by atoms with Crippen LogP contribution in [0.25, 0.3) is 0 Å². The van der Waals surface area contributed by atoms with Gasteiger partial charge in [0, 0.05) is 22.6 Å². The zero-order chi connectivity index (χ0) is 31.3. The van der Waals surface area contributed by atoms with Gasteiger partial charge in [-0.25, -0.2) is 8.42 Å². The van der Waals surface area contributed by atoms with Gasteiger partial charge in [-0.1, -0.05) is 72.8 Å². The summed E-state index contributed by atoms with van der Waals surface area (Å²) in [7, 11) is -4.15. The number of halogens is 2. The van der Waals surface area contributed by atoms with Crippen molar-refractivity contribution in [1.82, 2.24) is 10.2 Å². The topological polar surface area (TPSA) is 86.8 Å². The first-order valence-electron chi connectivity index (χ1n) is 14.6.